The monoisotopic (exact) mass is 199 g/mol. The molecule has 0 aromatic carbocycles. The largest absolute Gasteiger partial charge is 0.395 e. The molecular formula is C9H13NO2S. The lowest BCUT2D eigenvalue weighted by Crippen LogP contribution is -2.25. The highest BCUT2D eigenvalue weighted by atomic mass is 32.1. The molecule has 0 saturated heterocycles. The fourth-order valence-electron chi connectivity index (χ4n) is 0.947. The van der Waals surface area contributed by atoms with Crippen LogP contribution in [0.2, 0.25) is 0 Å². The molecule has 0 radical (unpaired) electrons. The van der Waals surface area contributed by atoms with Crippen LogP contribution >= 0.6 is 11.3 Å². The molecule has 0 atom stereocenters. The fraction of sp³-hybridized carbons (Fsp3) is 0.444. The van der Waals surface area contributed by atoms with Crippen molar-refractivity contribution in [2.45, 2.75) is 13.3 Å². The molecule has 2 N–H and O–H groups in total. The van der Waals surface area contributed by atoms with Crippen LogP contribution in [0.5, 0.6) is 0 Å². The summed E-state index contributed by atoms with van der Waals surface area (Å²) >= 11 is 1.50. The quantitative estimate of drug-likeness (QED) is 0.761. The lowest BCUT2D eigenvalue weighted by molar-refractivity contribution is 0.0949. The highest BCUT2D eigenvalue weighted by molar-refractivity contribution is 7.14. The first-order chi connectivity index (χ1) is 6.27. The number of hydrogen-bond donors (Lipinski definition) is 2. The molecule has 0 aliphatic carbocycles. The third-order valence-electron chi connectivity index (χ3n) is 1.63. The van der Waals surface area contributed by atoms with Crippen molar-refractivity contribution in [1.29, 1.82) is 0 Å². The summed E-state index contributed by atoms with van der Waals surface area (Å²) in [5.74, 6) is -0.0984. The van der Waals surface area contributed by atoms with Gasteiger partial charge < -0.3 is 10.4 Å². The lowest BCUT2D eigenvalue weighted by atomic mass is 10.3. The predicted molar refractivity (Wildman–Crippen MR) is 53.1 cm³/mol. The molecule has 72 valence electrons. The van der Waals surface area contributed by atoms with E-state index in [1.165, 1.54) is 16.2 Å². The van der Waals surface area contributed by atoms with Gasteiger partial charge in [-0.3, -0.25) is 4.79 Å². The van der Waals surface area contributed by atoms with E-state index < -0.39 is 0 Å². The zero-order valence-electron chi connectivity index (χ0n) is 7.54. The Bertz CT molecular complexity index is 283. The Morgan fingerprint density at radius 1 is 1.62 bits per heavy atom. The van der Waals surface area contributed by atoms with Crippen LogP contribution in [0.3, 0.4) is 0 Å². The number of aryl methyl sites for hydroxylation is 1. The first kappa shape index (κ1) is 10.2. The average molecular weight is 199 g/mol. The van der Waals surface area contributed by atoms with E-state index in [9.17, 15) is 4.79 Å². The van der Waals surface area contributed by atoms with Crippen molar-refractivity contribution >= 4 is 17.2 Å². The third-order valence-corrected chi connectivity index (χ3v) is 2.86. The Morgan fingerprint density at radius 3 is 2.92 bits per heavy atom. The first-order valence-electron chi connectivity index (χ1n) is 4.25. The molecule has 1 heterocycles. The van der Waals surface area contributed by atoms with Crippen molar-refractivity contribution in [3.63, 3.8) is 0 Å². The third kappa shape index (κ3) is 2.82. The number of carbonyl (C=O) groups is 1. The first-order valence-corrected chi connectivity index (χ1v) is 5.07. The highest BCUT2D eigenvalue weighted by Crippen LogP contribution is 2.16. The molecule has 13 heavy (non-hydrogen) atoms. The average Bonchev–Trinajstić information content (AvgIpc) is 2.62. The minimum atomic E-state index is -0.0984. The van der Waals surface area contributed by atoms with E-state index in [0.717, 1.165) is 6.42 Å². The summed E-state index contributed by atoms with van der Waals surface area (Å²) in [7, 11) is 0. The Kier molecular flexibility index (Phi) is 3.92. The molecule has 3 nitrogen and oxygen atoms in total. The Labute approximate surface area is 81.4 Å². The number of amides is 1. The van der Waals surface area contributed by atoms with E-state index in [0.29, 0.717) is 11.4 Å². The standard InChI is InChI=1S/C9H13NO2S/c1-2-7-3-4-8(13-7)9(12)10-5-6-11/h3-4,11H,2,5-6H2,1H3,(H,10,12). The lowest BCUT2D eigenvalue weighted by Gasteiger charge is -1.98. The van der Waals surface area contributed by atoms with Crippen LogP contribution in [0.4, 0.5) is 0 Å². The number of aliphatic hydroxyl groups excluding tert-OH is 1. The summed E-state index contributed by atoms with van der Waals surface area (Å²) in [5.41, 5.74) is 0. The van der Waals surface area contributed by atoms with Gasteiger partial charge in [0.05, 0.1) is 11.5 Å². The van der Waals surface area contributed by atoms with Crippen molar-refractivity contribution < 1.29 is 9.90 Å². The summed E-state index contributed by atoms with van der Waals surface area (Å²) in [6.07, 6.45) is 0.956. The maximum absolute atomic E-state index is 11.3. The maximum Gasteiger partial charge on any atom is 0.261 e. The summed E-state index contributed by atoms with van der Waals surface area (Å²) in [6.45, 7) is 2.36. The topological polar surface area (TPSA) is 49.3 Å². The summed E-state index contributed by atoms with van der Waals surface area (Å²) < 4.78 is 0. The summed E-state index contributed by atoms with van der Waals surface area (Å²) in [5, 5.41) is 11.1. The molecule has 1 aromatic heterocycles. The smallest absolute Gasteiger partial charge is 0.261 e. The second kappa shape index (κ2) is 4.99. The van der Waals surface area contributed by atoms with E-state index in [-0.39, 0.29) is 12.5 Å². The van der Waals surface area contributed by atoms with Gasteiger partial charge in [-0.1, -0.05) is 6.92 Å². The van der Waals surface area contributed by atoms with Crippen molar-refractivity contribution in [2.75, 3.05) is 13.2 Å². The van der Waals surface area contributed by atoms with E-state index in [1.807, 2.05) is 12.1 Å². The molecule has 0 unspecified atom stereocenters. The zero-order valence-corrected chi connectivity index (χ0v) is 8.36. The van der Waals surface area contributed by atoms with Crippen LogP contribution in [0, 0.1) is 0 Å². The van der Waals surface area contributed by atoms with Crippen molar-refractivity contribution in [3.8, 4) is 0 Å². The number of rotatable bonds is 4. The van der Waals surface area contributed by atoms with Gasteiger partial charge in [0.25, 0.3) is 5.91 Å². The Morgan fingerprint density at radius 2 is 2.38 bits per heavy atom. The fourth-order valence-corrected chi connectivity index (χ4v) is 1.81. The van der Waals surface area contributed by atoms with E-state index in [1.54, 1.807) is 0 Å². The number of thiophene rings is 1. The predicted octanol–water partition coefficient (Wildman–Crippen LogP) is 1.03. The van der Waals surface area contributed by atoms with Crippen LogP contribution < -0.4 is 5.32 Å². The number of aliphatic hydroxyl groups is 1. The molecule has 1 rings (SSSR count). The van der Waals surface area contributed by atoms with Gasteiger partial charge in [0.2, 0.25) is 0 Å². The highest BCUT2D eigenvalue weighted by Gasteiger charge is 2.06. The van der Waals surface area contributed by atoms with Gasteiger partial charge in [-0.25, -0.2) is 0 Å². The van der Waals surface area contributed by atoms with Crippen LogP contribution in [-0.2, 0) is 6.42 Å². The second-order valence-corrected chi connectivity index (χ2v) is 3.77. The van der Waals surface area contributed by atoms with Crippen LogP contribution in [0.15, 0.2) is 12.1 Å². The van der Waals surface area contributed by atoms with Crippen molar-refractivity contribution in [2.24, 2.45) is 0 Å². The van der Waals surface area contributed by atoms with E-state index >= 15 is 0 Å². The van der Waals surface area contributed by atoms with Gasteiger partial charge in [0, 0.05) is 11.4 Å². The minimum Gasteiger partial charge on any atom is -0.395 e. The Hall–Kier alpha value is -0.870. The molecule has 0 aliphatic rings. The van der Waals surface area contributed by atoms with Crippen LogP contribution in [0.25, 0.3) is 0 Å². The molecule has 1 aromatic rings. The molecule has 4 heteroatoms. The molecule has 0 aliphatic heterocycles. The van der Waals surface area contributed by atoms with E-state index in [4.69, 9.17) is 5.11 Å². The van der Waals surface area contributed by atoms with E-state index in [2.05, 4.69) is 12.2 Å². The van der Waals surface area contributed by atoms with Gasteiger partial charge in [-0.05, 0) is 18.6 Å². The molecule has 0 bridgehead atoms. The zero-order chi connectivity index (χ0) is 9.68. The molecule has 0 saturated carbocycles. The van der Waals surface area contributed by atoms with Crippen LogP contribution in [0.1, 0.15) is 21.5 Å². The Balaban J connectivity index is 2.55. The molecule has 0 fully saturated rings. The number of nitrogens with one attached hydrogen (secondary N) is 1. The number of carbonyl (C=O) groups excluding carboxylic acids is 1. The van der Waals surface area contributed by atoms with Crippen molar-refractivity contribution in [1.82, 2.24) is 5.32 Å². The van der Waals surface area contributed by atoms with Gasteiger partial charge in [0.15, 0.2) is 0 Å². The SMILES string of the molecule is CCc1ccc(C(=O)NCCO)s1. The van der Waals surface area contributed by atoms with Gasteiger partial charge in [0.1, 0.15) is 0 Å². The molecular weight excluding hydrogens is 186 g/mol. The summed E-state index contributed by atoms with van der Waals surface area (Å²) in [6, 6.07) is 3.77. The van der Waals surface area contributed by atoms with Gasteiger partial charge in [-0.15, -0.1) is 11.3 Å². The summed E-state index contributed by atoms with van der Waals surface area (Å²) in [4.78, 5) is 13.2. The van der Waals surface area contributed by atoms with Crippen LogP contribution in [-0.4, -0.2) is 24.2 Å². The normalized spacial score (nSPS) is 10.0. The molecule has 0 spiro atoms. The van der Waals surface area contributed by atoms with Gasteiger partial charge >= 0.3 is 0 Å². The minimum absolute atomic E-state index is 0.0161. The second-order valence-electron chi connectivity index (χ2n) is 2.60. The number of hydrogen-bond acceptors (Lipinski definition) is 3. The maximum atomic E-state index is 11.3. The molecule has 1 amide bonds. The van der Waals surface area contributed by atoms with Gasteiger partial charge in [-0.2, -0.15) is 0 Å². The van der Waals surface area contributed by atoms with Crippen molar-refractivity contribution in [3.05, 3.63) is 21.9 Å².